The van der Waals surface area contributed by atoms with Crippen LogP contribution in [-0.2, 0) is 13.0 Å². The zero-order valence-electron chi connectivity index (χ0n) is 27.0. The third kappa shape index (κ3) is 5.87. The molecule has 3 aromatic carbocycles. The van der Waals surface area contributed by atoms with E-state index in [1.165, 1.54) is 18.5 Å². The molecule has 4 aromatic rings. The number of rotatable bonds is 8. The van der Waals surface area contributed by atoms with Crippen LogP contribution in [0.5, 0.6) is 17.2 Å². The standard InChI is InChI=1S/C36H41N5O4/c1-23-14-16-39(17-15-23)28-11-10-26(31(19-28)44-5)18-33-37-21-27-22-40(34-24(2)8-7-9-25(34)3)36(42)41(35(27)38-33)30-13-12-29(43-4)20-32(30)45-6/h7-13,19-21,23H,14-18,22H2,1-6H3. The molecular weight excluding hydrogens is 566 g/mol. The molecule has 9 nitrogen and oxygen atoms in total. The summed E-state index contributed by atoms with van der Waals surface area (Å²) in [6.45, 7) is 8.81. The van der Waals surface area contributed by atoms with Crippen molar-refractivity contribution >= 4 is 28.9 Å². The van der Waals surface area contributed by atoms with E-state index in [1.807, 2.05) is 50.4 Å². The van der Waals surface area contributed by atoms with E-state index in [-0.39, 0.29) is 6.03 Å². The monoisotopic (exact) mass is 607 g/mol. The average molecular weight is 608 g/mol. The Morgan fingerprint density at radius 2 is 1.62 bits per heavy atom. The first-order valence-corrected chi connectivity index (χ1v) is 15.5. The molecule has 0 unspecified atom stereocenters. The Kier molecular flexibility index (Phi) is 8.52. The van der Waals surface area contributed by atoms with E-state index in [0.29, 0.717) is 41.8 Å². The van der Waals surface area contributed by atoms with Crippen LogP contribution in [0.2, 0.25) is 0 Å². The first-order chi connectivity index (χ1) is 21.8. The number of hydrogen-bond donors (Lipinski definition) is 0. The van der Waals surface area contributed by atoms with Gasteiger partial charge in [0.2, 0.25) is 0 Å². The number of piperidine rings is 1. The second-order valence-electron chi connectivity index (χ2n) is 12.0. The van der Waals surface area contributed by atoms with Crippen molar-refractivity contribution in [2.24, 2.45) is 5.92 Å². The van der Waals surface area contributed by atoms with Gasteiger partial charge in [0.25, 0.3) is 0 Å². The summed E-state index contributed by atoms with van der Waals surface area (Å²) in [5.41, 5.74) is 6.47. The van der Waals surface area contributed by atoms with Crippen LogP contribution in [0.25, 0.3) is 0 Å². The van der Waals surface area contributed by atoms with E-state index >= 15 is 0 Å². The molecule has 0 aliphatic carbocycles. The van der Waals surface area contributed by atoms with Crippen molar-refractivity contribution in [2.75, 3.05) is 49.1 Å². The number of methoxy groups -OCH3 is 3. The third-order valence-corrected chi connectivity index (χ3v) is 8.96. The molecule has 0 atom stereocenters. The lowest BCUT2D eigenvalue weighted by molar-refractivity contribution is 0.252. The minimum absolute atomic E-state index is 0.217. The van der Waals surface area contributed by atoms with Gasteiger partial charge in [-0.15, -0.1) is 0 Å². The fraction of sp³-hybridized carbons (Fsp3) is 0.361. The van der Waals surface area contributed by atoms with E-state index < -0.39 is 0 Å². The number of benzene rings is 3. The van der Waals surface area contributed by atoms with Gasteiger partial charge in [-0.2, -0.15) is 0 Å². The third-order valence-electron chi connectivity index (χ3n) is 8.96. The molecule has 2 aliphatic rings. The first kappa shape index (κ1) is 30.2. The van der Waals surface area contributed by atoms with Crippen molar-refractivity contribution in [3.05, 3.63) is 88.9 Å². The van der Waals surface area contributed by atoms with Gasteiger partial charge in [0.1, 0.15) is 28.9 Å². The maximum atomic E-state index is 14.5. The average Bonchev–Trinajstić information content (AvgIpc) is 3.05. The van der Waals surface area contributed by atoms with Crippen molar-refractivity contribution < 1.29 is 19.0 Å². The number of anilines is 4. The molecule has 2 aliphatic heterocycles. The Labute approximate surface area is 265 Å². The summed E-state index contributed by atoms with van der Waals surface area (Å²) in [5, 5.41) is 0. The van der Waals surface area contributed by atoms with E-state index in [1.54, 1.807) is 37.2 Å². The highest BCUT2D eigenvalue weighted by Gasteiger charge is 2.37. The number of ether oxygens (including phenoxy) is 3. The Bertz CT molecular complexity index is 1700. The van der Waals surface area contributed by atoms with Gasteiger partial charge in [-0.1, -0.05) is 31.2 Å². The smallest absolute Gasteiger partial charge is 0.335 e. The molecule has 6 rings (SSSR count). The Balaban J connectivity index is 1.40. The Morgan fingerprint density at radius 3 is 2.31 bits per heavy atom. The summed E-state index contributed by atoms with van der Waals surface area (Å²) in [4.78, 5) is 30.1. The van der Waals surface area contributed by atoms with Gasteiger partial charge >= 0.3 is 6.03 Å². The summed E-state index contributed by atoms with van der Waals surface area (Å²) in [7, 11) is 4.89. The summed E-state index contributed by atoms with van der Waals surface area (Å²) < 4.78 is 17.0. The molecule has 234 valence electrons. The Morgan fingerprint density at radius 1 is 0.889 bits per heavy atom. The van der Waals surface area contributed by atoms with Crippen LogP contribution in [0.4, 0.5) is 27.7 Å². The summed E-state index contributed by atoms with van der Waals surface area (Å²) in [6, 6.07) is 17.6. The van der Waals surface area contributed by atoms with Crippen molar-refractivity contribution in [1.29, 1.82) is 0 Å². The summed E-state index contributed by atoms with van der Waals surface area (Å²) >= 11 is 0. The predicted molar refractivity (Wildman–Crippen MR) is 178 cm³/mol. The number of para-hydroxylation sites is 1. The van der Waals surface area contributed by atoms with Crippen LogP contribution >= 0.6 is 0 Å². The SMILES string of the molecule is COc1ccc(N2C(=O)N(c3c(C)cccc3C)Cc3cnc(Cc4ccc(N5CCC(C)CC5)cc4OC)nc32)c(OC)c1. The van der Waals surface area contributed by atoms with E-state index in [4.69, 9.17) is 24.2 Å². The molecule has 3 heterocycles. The van der Waals surface area contributed by atoms with Gasteiger partial charge in [-0.25, -0.2) is 19.7 Å². The number of hydrogen-bond acceptors (Lipinski definition) is 7. The molecule has 1 saturated heterocycles. The quantitative estimate of drug-likeness (QED) is 0.209. The number of aryl methyl sites for hydroxylation is 2. The molecular formula is C36H41N5O4. The number of amides is 2. The molecule has 2 amide bonds. The van der Waals surface area contributed by atoms with Gasteiger partial charge < -0.3 is 19.1 Å². The van der Waals surface area contributed by atoms with Gasteiger partial charge in [0.05, 0.1) is 39.2 Å². The molecule has 0 radical (unpaired) electrons. The van der Waals surface area contributed by atoms with Crippen LogP contribution in [-0.4, -0.2) is 50.4 Å². The topological polar surface area (TPSA) is 80.3 Å². The molecule has 0 N–H and O–H groups in total. The number of urea groups is 1. The highest BCUT2D eigenvalue weighted by atomic mass is 16.5. The maximum Gasteiger partial charge on any atom is 0.335 e. The van der Waals surface area contributed by atoms with Crippen LogP contribution in [0, 0.1) is 19.8 Å². The molecule has 0 saturated carbocycles. The second-order valence-corrected chi connectivity index (χ2v) is 12.0. The number of fused-ring (bicyclic) bond motifs is 1. The van der Waals surface area contributed by atoms with Crippen molar-refractivity contribution in [3.63, 3.8) is 0 Å². The van der Waals surface area contributed by atoms with Gasteiger partial charge in [-0.3, -0.25) is 4.90 Å². The largest absolute Gasteiger partial charge is 0.497 e. The normalized spacial score (nSPS) is 15.2. The van der Waals surface area contributed by atoms with Gasteiger partial charge in [0, 0.05) is 54.7 Å². The van der Waals surface area contributed by atoms with Crippen LogP contribution < -0.4 is 28.9 Å². The number of carbonyl (C=O) groups excluding carboxylic acids is 1. The molecule has 45 heavy (non-hydrogen) atoms. The fourth-order valence-electron chi connectivity index (χ4n) is 6.38. The zero-order valence-corrected chi connectivity index (χ0v) is 27.0. The van der Waals surface area contributed by atoms with Crippen LogP contribution in [0.1, 0.15) is 47.8 Å². The summed E-state index contributed by atoms with van der Waals surface area (Å²) in [6.07, 6.45) is 4.68. The predicted octanol–water partition coefficient (Wildman–Crippen LogP) is 7.22. The first-order valence-electron chi connectivity index (χ1n) is 15.5. The minimum atomic E-state index is -0.217. The minimum Gasteiger partial charge on any atom is -0.497 e. The van der Waals surface area contributed by atoms with E-state index in [9.17, 15) is 4.79 Å². The van der Waals surface area contributed by atoms with Crippen molar-refractivity contribution in [1.82, 2.24) is 9.97 Å². The van der Waals surface area contributed by atoms with Gasteiger partial charge in [-0.05, 0) is 61.9 Å². The zero-order chi connectivity index (χ0) is 31.7. The number of aromatic nitrogens is 2. The lowest BCUT2D eigenvalue weighted by Crippen LogP contribution is -2.46. The van der Waals surface area contributed by atoms with Gasteiger partial charge in [0.15, 0.2) is 0 Å². The fourth-order valence-corrected chi connectivity index (χ4v) is 6.38. The highest BCUT2D eigenvalue weighted by Crippen LogP contribution is 2.42. The molecule has 0 bridgehead atoms. The second kappa shape index (κ2) is 12.7. The maximum absolute atomic E-state index is 14.5. The number of carbonyl (C=O) groups is 1. The van der Waals surface area contributed by atoms with E-state index in [2.05, 4.69) is 30.0 Å². The van der Waals surface area contributed by atoms with Crippen molar-refractivity contribution in [3.8, 4) is 17.2 Å². The van der Waals surface area contributed by atoms with Crippen LogP contribution in [0.3, 0.4) is 0 Å². The molecule has 1 aromatic heterocycles. The Hall–Kier alpha value is -4.79. The van der Waals surface area contributed by atoms with Crippen molar-refractivity contribution in [2.45, 2.75) is 46.6 Å². The van der Waals surface area contributed by atoms with E-state index in [0.717, 1.165) is 52.7 Å². The number of nitrogens with zero attached hydrogens (tertiary/aromatic N) is 5. The lowest BCUT2D eigenvalue weighted by atomic mass is 9.98. The molecule has 0 spiro atoms. The highest BCUT2D eigenvalue weighted by molar-refractivity contribution is 6.11. The lowest BCUT2D eigenvalue weighted by Gasteiger charge is -2.37. The molecule has 1 fully saturated rings. The molecule has 9 heteroatoms. The van der Waals surface area contributed by atoms with Crippen LogP contribution in [0.15, 0.2) is 60.8 Å². The summed E-state index contributed by atoms with van der Waals surface area (Å²) in [5.74, 6) is 3.83.